The zero-order chi connectivity index (χ0) is 23.0. The second kappa shape index (κ2) is 11.4. The molecule has 6 heteroatoms. The summed E-state index contributed by atoms with van der Waals surface area (Å²) < 4.78 is 5.46. The summed E-state index contributed by atoms with van der Waals surface area (Å²) in [6.07, 6.45) is 20.7. The molecular formula is C26H39N3O3. The van der Waals surface area contributed by atoms with Crippen molar-refractivity contribution in [2.24, 2.45) is 5.92 Å². The van der Waals surface area contributed by atoms with E-state index >= 15 is 0 Å². The predicted molar refractivity (Wildman–Crippen MR) is 128 cm³/mol. The molecule has 0 aromatic rings. The van der Waals surface area contributed by atoms with Crippen LogP contribution < -0.4 is 5.32 Å². The van der Waals surface area contributed by atoms with Gasteiger partial charge in [-0.15, -0.1) is 0 Å². The summed E-state index contributed by atoms with van der Waals surface area (Å²) in [5.74, 6) is 0.544. The predicted octanol–water partition coefficient (Wildman–Crippen LogP) is 5.20. The first-order chi connectivity index (χ1) is 15.3. The van der Waals surface area contributed by atoms with E-state index in [1.807, 2.05) is 31.7 Å². The van der Waals surface area contributed by atoms with Gasteiger partial charge in [0.05, 0.1) is 0 Å². The highest BCUT2D eigenvalue weighted by Gasteiger charge is 2.31. The van der Waals surface area contributed by atoms with Crippen LogP contribution in [0.25, 0.3) is 0 Å². The Morgan fingerprint density at radius 1 is 0.906 bits per heavy atom. The maximum atomic E-state index is 12.9. The van der Waals surface area contributed by atoms with Crippen LogP contribution in [0.2, 0.25) is 0 Å². The lowest BCUT2D eigenvalue weighted by atomic mass is 9.88. The van der Waals surface area contributed by atoms with Gasteiger partial charge in [0, 0.05) is 32.2 Å². The lowest BCUT2D eigenvalue weighted by Gasteiger charge is -2.26. The van der Waals surface area contributed by atoms with Crippen molar-refractivity contribution in [3.63, 3.8) is 0 Å². The van der Waals surface area contributed by atoms with Gasteiger partial charge in [-0.3, -0.25) is 0 Å². The van der Waals surface area contributed by atoms with Gasteiger partial charge in [0.25, 0.3) is 0 Å². The summed E-state index contributed by atoms with van der Waals surface area (Å²) in [6, 6.07) is -0.0157. The van der Waals surface area contributed by atoms with Gasteiger partial charge in [-0.05, 0) is 64.4 Å². The van der Waals surface area contributed by atoms with Crippen LogP contribution in [-0.4, -0.2) is 59.7 Å². The van der Waals surface area contributed by atoms with E-state index in [1.165, 1.54) is 5.57 Å². The molecule has 0 bridgehead atoms. The number of rotatable bonds is 2. The van der Waals surface area contributed by atoms with Crippen LogP contribution in [0.4, 0.5) is 9.59 Å². The van der Waals surface area contributed by atoms with E-state index in [2.05, 4.69) is 41.8 Å². The van der Waals surface area contributed by atoms with Gasteiger partial charge in [-0.2, -0.15) is 0 Å². The average molecular weight is 442 g/mol. The molecule has 0 aromatic heterocycles. The number of nitrogens with one attached hydrogen (secondary N) is 1. The third kappa shape index (κ3) is 7.57. The molecule has 1 unspecified atom stereocenters. The highest BCUT2D eigenvalue weighted by molar-refractivity contribution is 5.75. The largest absolute Gasteiger partial charge is 0.444 e. The number of hydrogen-bond acceptors (Lipinski definition) is 3. The van der Waals surface area contributed by atoms with Gasteiger partial charge >= 0.3 is 12.1 Å². The SMILES string of the molecule is CC(C)(C)OC(=O)N1CC[C@@H](NC(=O)N2CCCCC(C3=CC=CC=CC=C3)CCC2)C1. The van der Waals surface area contributed by atoms with Crippen molar-refractivity contribution in [3.05, 3.63) is 48.1 Å². The molecule has 6 nitrogen and oxygen atoms in total. The molecule has 2 atom stereocenters. The Balaban J connectivity index is 1.48. The Morgan fingerprint density at radius 3 is 2.44 bits per heavy atom. The van der Waals surface area contributed by atoms with E-state index in [0.29, 0.717) is 19.0 Å². The fraction of sp³-hybridized carbons (Fsp3) is 0.615. The van der Waals surface area contributed by atoms with Crippen molar-refractivity contribution in [1.82, 2.24) is 15.1 Å². The van der Waals surface area contributed by atoms with E-state index in [-0.39, 0.29) is 18.2 Å². The summed E-state index contributed by atoms with van der Waals surface area (Å²) in [7, 11) is 0. The molecular weight excluding hydrogens is 402 g/mol. The third-order valence-electron chi connectivity index (χ3n) is 6.16. The smallest absolute Gasteiger partial charge is 0.410 e. The lowest BCUT2D eigenvalue weighted by molar-refractivity contribution is 0.0291. The van der Waals surface area contributed by atoms with Crippen molar-refractivity contribution >= 4 is 12.1 Å². The van der Waals surface area contributed by atoms with Crippen LogP contribution in [-0.2, 0) is 4.74 Å². The second-order valence-electron chi connectivity index (χ2n) is 9.98. The summed E-state index contributed by atoms with van der Waals surface area (Å²) >= 11 is 0. The number of carbonyl (C=O) groups is 2. The number of amides is 3. The Bertz CT molecular complexity index is 776. The fourth-order valence-electron chi connectivity index (χ4n) is 4.50. The molecule has 0 aromatic carbocycles. The van der Waals surface area contributed by atoms with Crippen molar-refractivity contribution in [1.29, 1.82) is 0 Å². The number of likely N-dealkylation sites (tertiary alicyclic amines) is 1. The van der Waals surface area contributed by atoms with Crippen molar-refractivity contribution < 1.29 is 14.3 Å². The molecule has 2 saturated heterocycles. The van der Waals surface area contributed by atoms with Crippen LogP contribution in [0.1, 0.15) is 59.3 Å². The van der Waals surface area contributed by atoms with E-state index in [0.717, 1.165) is 51.6 Å². The highest BCUT2D eigenvalue weighted by Crippen LogP contribution is 2.27. The molecule has 2 fully saturated rings. The molecule has 1 N–H and O–H groups in total. The maximum Gasteiger partial charge on any atom is 0.410 e. The molecule has 0 radical (unpaired) electrons. The number of urea groups is 1. The summed E-state index contributed by atoms with van der Waals surface area (Å²) in [6.45, 7) is 8.30. The Morgan fingerprint density at radius 2 is 1.62 bits per heavy atom. The average Bonchev–Trinajstić information content (AvgIpc) is 3.19. The van der Waals surface area contributed by atoms with Crippen LogP contribution in [0, 0.1) is 5.92 Å². The normalized spacial score (nSPS) is 24.7. The standard InChI is InChI=1S/C26H39N3O3/c1-26(2,3)32-25(31)29-19-16-23(20-29)27-24(30)28-17-10-9-14-22(15-11-18-28)21-12-7-5-4-6-8-13-21/h4-8,12-13,22-23H,9-11,14-20H2,1-3H3,(H,27,30)/t22?,23-/m1/s1. The number of hydrogen-bond donors (Lipinski definition) is 1. The Kier molecular flexibility index (Phi) is 8.60. The first kappa shape index (κ1) is 24.1. The van der Waals surface area contributed by atoms with Crippen LogP contribution in [0.15, 0.2) is 48.1 Å². The van der Waals surface area contributed by atoms with Crippen molar-refractivity contribution in [2.45, 2.75) is 70.9 Å². The van der Waals surface area contributed by atoms with Gasteiger partial charge in [0.15, 0.2) is 0 Å². The van der Waals surface area contributed by atoms with E-state index in [9.17, 15) is 9.59 Å². The van der Waals surface area contributed by atoms with Gasteiger partial charge in [0.1, 0.15) is 5.60 Å². The zero-order valence-corrected chi connectivity index (χ0v) is 19.9. The van der Waals surface area contributed by atoms with Gasteiger partial charge < -0.3 is 19.9 Å². The topological polar surface area (TPSA) is 61.9 Å². The van der Waals surface area contributed by atoms with Crippen LogP contribution in [0.3, 0.4) is 0 Å². The quantitative estimate of drug-likeness (QED) is 0.641. The Hall–Kier alpha value is -2.50. The lowest BCUT2D eigenvalue weighted by Crippen LogP contribution is -2.47. The summed E-state index contributed by atoms with van der Waals surface area (Å²) in [5.41, 5.74) is 0.880. The minimum absolute atomic E-state index is 0.00220. The van der Waals surface area contributed by atoms with Crippen molar-refractivity contribution in [2.75, 3.05) is 26.2 Å². The molecule has 0 saturated carbocycles. The van der Waals surface area contributed by atoms with Crippen LogP contribution in [0.5, 0.6) is 0 Å². The fourth-order valence-corrected chi connectivity index (χ4v) is 4.50. The van der Waals surface area contributed by atoms with E-state index in [1.54, 1.807) is 4.90 Å². The molecule has 1 aliphatic carbocycles. The maximum absolute atomic E-state index is 12.9. The summed E-state index contributed by atoms with van der Waals surface area (Å²) in [5, 5.41) is 3.15. The molecule has 2 heterocycles. The molecule has 3 amide bonds. The highest BCUT2D eigenvalue weighted by atomic mass is 16.6. The number of nitrogens with zero attached hydrogens (tertiary/aromatic N) is 2. The molecule has 176 valence electrons. The molecule has 0 spiro atoms. The Labute approximate surface area is 193 Å². The number of allylic oxidation sites excluding steroid dienone is 8. The molecule has 3 rings (SSSR count). The third-order valence-corrected chi connectivity index (χ3v) is 6.16. The molecule has 32 heavy (non-hydrogen) atoms. The van der Waals surface area contributed by atoms with E-state index < -0.39 is 5.60 Å². The zero-order valence-electron chi connectivity index (χ0n) is 19.9. The first-order valence-corrected chi connectivity index (χ1v) is 12.1. The molecule has 3 aliphatic rings. The second-order valence-corrected chi connectivity index (χ2v) is 9.98. The van der Waals surface area contributed by atoms with Gasteiger partial charge in [-0.25, -0.2) is 9.59 Å². The minimum atomic E-state index is -0.506. The number of ether oxygens (including phenoxy) is 1. The number of carbonyl (C=O) groups excluding carboxylic acids is 2. The monoisotopic (exact) mass is 441 g/mol. The van der Waals surface area contributed by atoms with Gasteiger partial charge in [-0.1, -0.05) is 49.0 Å². The minimum Gasteiger partial charge on any atom is -0.444 e. The van der Waals surface area contributed by atoms with Gasteiger partial charge in [0.2, 0.25) is 0 Å². The summed E-state index contributed by atoms with van der Waals surface area (Å²) in [4.78, 5) is 28.9. The van der Waals surface area contributed by atoms with E-state index in [4.69, 9.17) is 4.74 Å². The van der Waals surface area contributed by atoms with Crippen molar-refractivity contribution in [3.8, 4) is 0 Å². The molecule has 2 aliphatic heterocycles. The van der Waals surface area contributed by atoms with Crippen LogP contribution >= 0.6 is 0 Å². The first-order valence-electron chi connectivity index (χ1n) is 12.1.